The van der Waals surface area contributed by atoms with Gasteiger partial charge in [-0.3, -0.25) is 4.79 Å². The lowest BCUT2D eigenvalue weighted by atomic mass is 10.0. The summed E-state index contributed by atoms with van der Waals surface area (Å²) in [6.45, 7) is 6.10. The minimum atomic E-state index is 0.108. The van der Waals surface area contributed by atoms with Crippen molar-refractivity contribution in [3.05, 3.63) is 0 Å². The highest BCUT2D eigenvalue weighted by atomic mass is 16.1. The standard InChI is InChI=1S/C9H17NO/c1-6-4-9(5-7(6)2)10-8(3)11/h6-7,9H,4-5H2,1-3H3,(H,10,11). The lowest BCUT2D eigenvalue weighted by Gasteiger charge is -2.09. The zero-order valence-electron chi connectivity index (χ0n) is 7.55. The van der Waals surface area contributed by atoms with Crippen LogP contribution in [0.4, 0.5) is 0 Å². The molecule has 1 aliphatic carbocycles. The Bertz CT molecular complexity index is 146. The van der Waals surface area contributed by atoms with Crippen molar-refractivity contribution in [2.45, 2.75) is 39.7 Å². The molecule has 2 atom stereocenters. The second kappa shape index (κ2) is 3.24. The molecule has 2 heteroatoms. The Morgan fingerprint density at radius 2 is 1.73 bits per heavy atom. The van der Waals surface area contributed by atoms with E-state index in [0.717, 1.165) is 24.7 Å². The summed E-state index contributed by atoms with van der Waals surface area (Å²) in [6.07, 6.45) is 2.31. The molecule has 0 saturated heterocycles. The van der Waals surface area contributed by atoms with Crippen molar-refractivity contribution in [1.29, 1.82) is 0 Å². The van der Waals surface area contributed by atoms with Crippen LogP contribution in [0, 0.1) is 11.8 Å². The van der Waals surface area contributed by atoms with Crippen molar-refractivity contribution in [2.75, 3.05) is 0 Å². The van der Waals surface area contributed by atoms with Gasteiger partial charge in [-0.05, 0) is 24.7 Å². The van der Waals surface area contributed by atoms with Crippen molar-refractivity contribution in [2.24, 2.45) is 11.8 Å². The second-order valence-electron chi connectivity index (χ2n) is 3.82. The summed E-state index contributed by atoms with van der Waals surface area (Å²) >= 11 is 0. The molecule has 1 amide bonds. The summed E-state index contributed by atoms with van der Waals surface area (Å²) in [5.74, 6) is 1.65. The van der Waals surface area contributed by atoms with Gasteiger partial charge in [0.15, 0.2) is 0 Å². The monoisotopic (exact) mass is 155 g/mol. The molecule has 64 valence electrons. The third-order valence-electron chi connectivity index (χ3n) is 2.69. The fraction of sp³-hybridized carbons (Fsp3) is 0.889. The van der Waals surface area contributed by atoms with Crippen molar-refractivity contribution in [3.8, 4) is 0 Å². The van der Waals surface area contributed by atoms with Crippen molar-refractivity contribution < 1.29 is 4.79 Å². The van der Waals surface area contributed by atoms with E-state index in [4.69, 9.17) is 0 Å². The maximum atomic E-state index is 10.7. The average Bonchev–Trinajstić information content (AvgIpc) is 2.10. The SMILES string of the molecule is CC(=O)NC1CC(C)C(C)C1. The molecule has 11 heavy (non-hydrogen) atoms. The van der Waals surface area contributed by atoms with Crippen LogP contribution in [0.2, 0.25) is 0 Å². The molecule has 1 N–H and O–H groups in total. The van der Waals surface area contributed by atoms with Gasteiger partial charge in [-0.2, -0.15) is 0 Å². The molecule has 0 aromatic carbocycles. The summed E-state index contributed by atoms with van der Waals surface area (Å²) in [6, 6.07) is 0.442. The Hall–Kier alpha value is -0.530. The molecular formula is C9H17NO. The zero-order valence-corrected chi connectivity index (χ0v) is 7.55. The molecule has 0 bridgehead atoms. The smallest absolute Gasteiger partial charge is 0.217 e. The van der Waals surface area contributed by atoms with Crippen LogP contribution in [0.15, 0.2) is 0 Å². The van der Waals surface area contributed by atoms with E-state index in [9.17, 15) is 4.79 Å². The molecule has 1 fully saturated rings. The third kappa shape index (κ3) is 2.21. The summed E-state index contributed by atoms with van der Waals surface area (Å²) in [4.78, 5) is 10.7. The van der Waals surface area contributed by atoms with E-state index in [2.05, 4.69) is 19.2 Å². The summed E-state index contributed by atoms with van der Waals surface area (Å²) in [5.41, 5.74) is 0. The minimum absolute atomic E-state index is 0.108. The molecule has 0 radical (unpaired) electrons. The first-order valence-electron chi connectivity index (χ1n) is 4.36. The van der Waals surface area contributed by atoms with Gasteiger partial charge in [0.25, 0.3) is 0 Å². The minimum Gasteiger partial charge on any atom is -0.354 e. The second-order valence-corrected chi connectivity index (χ2v) is 3.82. The number of nitrogens with one attached hydrogen (secondary N) is 1. The molecule has 0 aromatic heterocycles. The number of carbonyl (C=O) groups excluding carboxylic acids is 1. The highest BCUT2D eigenvalue weighted by molar-refractivity contribution is 5.73. The Kier molecular flexibility index (Phi) is 2.53. The van der Waals surface area contributed by atoms with Crippen LogP contribution >= 0.6 is 0 Å². The van der Waals surface area contributed by atoms with Crippen molar-refractivity contribution in [1.82, 2.24) is 5.32 Å². The molecular weight excluding hydrogens is 138 g/mol. The van der Waals surface area contributed by atoms with Gasteiger partial charge in [0, 0.05) is 13.0 Å². The molecule has 0 aliphatic heterocycles. The van der Waals surface area contributed by atoms with Crippen molar-refractivity contribution in [3.63, 3.8) is 0 Å². The Morgan fingerprint density at radius 1 is 1.27 bits per heavy atom. The molecule has 1 aliphatic rings. The van der Waals surface area contributed by atoms with E-state index in [1.165, 1.54) is 0 Å². The molecule has 1 rings (SSSR count). The van der Waals surface area contributed by atoms with E-state index in [-0.39, 0.29) is 5.91 Å². The number of rotatable bonds is 1. The first kappa shape index (κ1) is 8.57. The lowest BCUT2D eigenvalue weighted by molar-refractivity contribution is -0.119. The zero-order chi connectivity index (χ0) is 8.43. The van der Waals surface area contributed by atoms with E-state index < -0.39 is 0 Å². The quantitative estimate of drug-likeness (QED) is 0.611. The van der Waals surface area contributed by atoms with Crippen LogP contribution in [0.25, 0.3) is 0 Å². The fourth-order valence-electron chi connectivity index (χ4n) is 1.86. The normalized spacial score (nSPS) is 37.2. The highest BCUT2D eigenvalue weighted by Gasteiger charge is 2.27. The topological polar surface area (TPSA) is 29.1 Å². The van der Waals surface area contributed by atoms with Crippen LogP contribution < -0.4 is 5.32 Å². The molecule has 1 saturated carbocycles. The Labute approximate surface area is 68.4 Å². The van der Waals surface area contributed by atoms with Gasteiger partial charge < -0.3 is 5.32 Å². The van der Waals surface area contributed by atoms with Gasteiger partial charge in [-0.25, -0.2) is 0 Å². The summed E-state index contributed by atoms with van der Waals surface area (Å²) < 4.78 is 0. The van der Waals surface area contributed by atoms with Crippen LogP contribution in [-0.2, 0) is 4.79 Å². The van der Waals surface area contributed by atoms with Gasteiger partial charge in [0.05, 0.1) is 0 Å². The van der Waals surface area contributed by atoms with Crippen LogP contribution in [-0.4, -0.2) is 11.9 Å². The third-order valence-corrected chi connectivity index (χ3v) is 2.69. The van der Waals surface area contributed by atoms with E-state index in [1.807, 2.05) is 0 Å². The Morgan fingerprint density at radius 3 is 2.09 bits per heavy atom. The molecule has 2 nitrogen and oxygen atoms in total. The first-order chi connectivity index (χ1) is 5.09. The van der Waals surface area contributed by atoms with E-state index in [0.29, 0.717) is 6.04 Å². The van der Waals surface area contributed by atoms with Gasteiger partial charge in [0.1, 0.15) is 0 Å². The summed E-state index contributed by atoms with van der Waals surface area (Å²) in [7, 11) is 0. The predicted octanol–water partition coefficient (Wildman–Crippen LogP) is 1.56. The highest BCUT2D eigenvalue weighted by Crippen LogP contribution is 2.30. The predicted molar refractivity (Wildman–Crippen MR) is 45.2 cm³/mol. The number of hydrogen-bond donors (Lipinski definition) is 1. The van der Waals surface area contributed by atoms with Crippen LogP contribution in [0.5, 0.6) is 0 Å². The number of hydrogen-bond acceptors (Lipinski definition) is 1. The van der Waals surface area contributed by atoms with Gasteiger partial charge >= 0.3 is 0 Å². The maximum absolute atomic E-state index is 10.7. The molecule has 0 spiro atoms. The fourth-order valence-corrected chi connectivity index (χ4v) is 1.86. The van der Waals surface area contributed by atoms with Crippen LogP contribution in [0.3, 0.4) is 0 Å². The molecule has 2 unspecified atom stereocenters. The van der Waals surface area contributed by atoms with Crippen LogP contribution in [0.1, 0.15) is 33.6 Å². The van der Waals surface area contributed by atoms with E-state index in [1.54, 1.807) is 6.92 Å². The largest absolute Gasteiger partial charge is 0.354 e. The average molecular weight is 155 g/mol. The Balaban J connectivity index is 2.35. The van der Waals surface area contributed by atoms with Gasteiger partial charge in [-0.1, -0.05) is 13.8 Å². The van der Waals surface area contributed by atoms with Gasteiger partial charge in [-0.15, -0.1) is 0 Å². The summed E-state index contributed by atoms with van der Waals surface area (Å²) in [5, 5.41) is 2.96. The van der Waals surface area contributed by atoms with E-state index >= 15 is 0 Å². The van der Waals surface area contributed by atoms with Gasteiger partial charge in [0.2, 0.25) is 5.91 Å². The molecule has 0 aromatic rings. The first-order valence-corrected chi connectivity index (χ1v) is 4.36. The number of carbonyl (C=O) groups is 1. The lowest BCUT2D eigenvalue weighted by Crippen LogP contribution is -2.30. The van der Waals surface area contributed by atoms with Crippen molar-refractivity contribution >= 4 is 5.91 Å². The number of amides is 1. The molecule has 0 heterocycles. The maximum Gasteiger partial charge on any atom is 0.217 e.